The molecule has 0 saturated heterocycles. The van der Waals surface area contributed by atoms with Crippen LogP contribution in [0.2, 0.25) is 0 Å². The molecule has 2 aromatic heterocycles. The molecule has 1 N–H and O–H groups in total. The van der Waals surface area contributed by atoms with Crippen LogP contribution in [0, 0.1) is 47.9 Å². The van der Waals surface area contributed by atoms with Gasteiger partial charge in [-0.2, -0.15) is 0 Å². The summed E-state index contributed by atoms with van der Waals surface area (Å²) in [5, 5.41) is 23.5. The van der Waals surface area contributed by atoms with Crippen LogP contribution in [-0.4, -0.2) is 44.6 Å². The van der Waals surface area contributed by atoms with Gasteiger partial charge >= 0.3 is 11.9 Å². The number of esters is 2. The largest absolute Gasteiger partial charge is 0.461 e. The first kappa shape index (κ1) is 28.8. The minimum absolute atomic E-state index is 0.0316. The van der Waals surface area contributed by atoms with Crippen LogP contribution in [0.1, 0.15) is 57.1 Å². The van der Waals surface area contributed by atoms with E-state index in [1.54, 1.807) is 58.4 Å². The maximum Gasteiger partial charge on any atom is 0.355 e. The van der Waals surface area contributed by atoms with Gasteiger partial charge in [0.05, 0.1) is 45.2 Å². The van der Waals surface area contributed by atoms with Gasteiger partial charge in [0, 0.05) is 30.0 Å². The molecule has 2 heterocycles. The fourth-order valence-corrected chi connectivity index (χ4v) is 4.74. The van der Waals surface area contributed by atoms with Crippen LogP contribution in [0.15, 0.2) is 24.3 Å². The molecule has 4 rings (SSSR count). The molecular weight excluding hydrogens is 508 g/mol. The summed E-state index contributed by atoms with van der Waals surface area (Å²) in [5.74, 6) is -0.857. The van der Waals surface area contributed by atoms with E-state index < -0.39 is 21.8 Å². The first-order valence-electron chi connectivity index (χ1n) is 12.2. The monoisotopic (exact) mass is 538 g/mol. The SMILES string of the molecule is CCOC(=O)c1[nH]c2c(C)c([N+](=O)[O-])ccc2c1C.CCOC(=O)c1c(C)c2ccc([N+](=O)[O-])c(C)c2n1C. The number of aryl methyl sites for hydroxylation is 5. The molecule has 0 fully saturated rings. The normalized spacial score (nSPS) is 10.7. The zero-order valence-corrected chi connectivity index (χ0v) is 22.8. The lowest BCUT2D eigenvalue weighted by Crippen LogP contribution is -2.11. The van der Waals surface area contributed by atoms with Crippen molar-refractivity contribution in [3.63, 3.8) is 0 Å². The van der Waals surface area contributed by atoms with Crippen LogP contribution < -0.4 is 0 Å². The van der Waals surface area contributed by atoms with Crippen molar-refractivity contribution in [2.45, 2.75) is 41.5 Å². The van der Waals surface area contributed by atoms with Crippen molar-refractivity contribution in [1.82, 2.24) is 9.55 Å². The Morgan fingerprint density at radius 1 is 0.795 bits per heavy atom. The van der Waals surface area contributed by atoms with Crippen molar-refractivity contribution in [2.75, 3.05) is 13.2 Å². The average Bonchev–Trinajstić information content (AvgIpc) is 3.34. The molecule has 12 nitrogen and oxygen atoms in total. The zero-order valence-electron chi connectivity index (χ0n) is 22.8. The van der Waals surface area contributed by atoms with E-state index in [1.165, 1.54) is 12.1 Å². The van der Waals surface area contributed by atoms with Gasteiger partial charge in [0.25, 0.3) is 11.4 Å². The number of nitrogens with one attached hydrogen (secondary N) is 1. The van der Waals surface area contributed by atoms with Crippen LogP contribution in [0.25, 0.3) is 21.8 Å². The van der Waals surface area contributed by atoms with E-state index in [0.29, 0.717) is 40.2 Å². The molecule has 0 aliphatic rings. The van der Waals surface area contributed by atoms with Crippen LogP contribution in [0.5, 0.6) is 0 Å². The van der Waals surface area contributed by atoms with Crippen LogP contribution in [0.4, 0.5) is 11.4 Å². The number of rotatable bonds is 6. The lowest BCUT2D eigenvalue weighted by Gasteiger charge is -2.06. The topological polar surface area (TPSA) is 160 Å². The minimum Gasteiger partial charge on any atom is -0.461 e. The number of nitro benzene ring substituents is 2. The molecule has 0 amide bonds. The summed E-state index contributed by atoms with van der Waals surface area (Å²) in [6, 6.07) is 6.25. The molecule has 12 heteroatoms. The Morgan fingerprint density at radius 3 is 1.85 bits per heavy atom. The van der Waals surface area contributed by atoms with Crippen molar-refractivity contribution in [3.05, 3.63) is 78.1 Å². The highest BCUT2D eigenvalue weighted by Crippen LogP contribution is 2.33. The Bertz CT molecular complexity index is 1630. The van der Waals surface area contributed by atoms with Crippen molar-refractivity contribution in [1.29, 1.82) is 0 Å². The van der Waals surface area contributed by atoms with Crippen LogP contribution in [0.3, 0.4) is 0 Å². The molecular formula is C27H30N4O8. The van der Waals surface area contributed by atoms with Gasteiger partial charge in [0.15, 0.2) is 0 Å². The van der Waals surface area contributed by atoms with E-state index in [0.717, 1.165) is 21.9 Å². The van der Waals surface area contributed by atoms with Gasteiger partial charge in [0.2, 0.25) is 0 Å². The summed E-state index contributed by atoms with van der Waals surface area (Å²) in [6.07, 6.45) is 0. The smallest absolute Gasteiger partial charge is 0.355 e. The van der Waals surface area contributed by atoms with Gasteiger partial charge in [-0.15, -0.1) is 0 Å². The van der Waals surface area contributed by atoms with Gasteiger partial charge in [-0.1, -0.05) is 0 Å². The Morgan fingerprint density at radius 2 is 1.31 bits per heavy atom. The molecule has 0 spiro atoms. The van der Waals surface area contributed by atoms with E-state index in [9.17, 15) is 29.8 Å². The summed E-state index contributed by atoms with van der Waals surface area (Å²) < 4.78 is 11.7. The molecule has 2 aromatic carbocycles. The van der Waals surface area contributed by atoms with Gasteiger partial charge in [-0.3, -0.25) is 20.2 Å². The Labute approximate surface area is 223 Å². The number of H-pyrrole nitrogens is 1. The van der Waals surface area contributed by atoms with Crippen LogP contribution in [-0.2, 0) is 16.5 Å². The average molecular weight is 539 g/mol. The summed E-state index contributed by atoms with van der Waals surface area (Å²) in [4.78, 5) is 47.8. The highest BCUT2D eigenvalue weighted by atomic mass is 16.6. The number of hydrogen-bond acceptors (Lipinski definition) is 8. The molecule has 39 heavy (non-hydrogen) atoms. The lowest BCUT2D eigenvalue weighted by molar-refractivity contribution is -0.385. The van der Waals surface area contributed by atoms with Crippen molar-refractivity contribution in [3.8, 4) is 0 Å². The van der Waals surface area contributed by atoms with Crippen LogP contribution >= 0.6 is 0 Å². The number of ether oxygens (including phenoxy) is 2. The number of nitrogens with zero attached hydrogens (tertiary/aromatic N) is 3. The number of fused-ring (bicyclic) bond motifs is 2. The predicted octanol–water partition coefficient (Wildman–Crippen LogP) is 5.75. The Balaban J connectivity index is 0.000000216. The van der Waals surface area contributed by atoms with Crippen molar-refractivity contribution >= 4 is 45.1 Å². The second kappa shape index (κ2) is 11.3. The van der Waals surface area contributed by atoms with Gasteiger partial charge < -0.3 is 19.0 Å². The maximum atomic E-state index is 12.0. The number of hydrogen-bond donors (Lipinski definition) is 1. The first-order valence-corrected chi connectivity index (χ1v) is 12.2. The number of carbonyl (C=O) groups is 2. The summed E-state index contributed by atoms with van der Waals surface area (Å²) >= 11 is 0. The predicted molar refractivity (Wildman–Crippen MR) is 145 cm³/mol. The van der Waals surface area contributed by atoms with Crippen molar-refractivity contribution < 1.29 is 28.9 Å². The molecule has 0 atom stereocenters. The maximum absolute atomic E-state index is 12.0. The molecule has 4 aromatic rings. The highest BCUT2D eigenvalue weighted by Gasteiger charge is 2.24. The molecule has 0 aliphatic heterocycles. The molecule has 0 saturated carbocycles. The second-order valence-corrected chi connectivity index (χ2v) is 8.85. The summed E-state index contributed by atoms with van der Waals surface area (Å²) in [5.41, 5.74) is 4.75. The third-order valence-electron chi connectivity index (χ3n) is 6.64. The standard InChI is InChI=1S/C14H16N2O4.C13H14N2O4/c1-5-20-14(17)13-8(2)10-6-7-11(16(18)19)9(3)12(10)15(13)4;1-4-19-13(16)12-7(2)9-5-6-10(15(17)18)8(3)11(9)14-12/h6-7H,5H2,1-4H3;5-6,14H,4H2,1-3H3. The Kier molecular flexibility index (Phi) is 8.38. The minimum atomic E-state index is -0.446. The quantitative estimate of drug-likeness (QED) is 0.184. The fourth-order valence-electron chi connectivity index (χ4n) is 4.74. The molecule has 0 unspecified atom stereocenters. The van der Waals surface area contributed by atoms with Gasteiger partial charge in [-0.05, 0) is 64.8 Å². The fraction of sp³-hybridized carbons (Fsp3) is 0.333. The van der Waals surface area contributed by atoms with E-state index in [4.69, 9.17) is 9.47 Å². The molecule has 0 radical (unpaired) electrons. The number of nitro groups is 2. The summed E-state index contributed by atoms with van der Waals surface area (Å²) in [7, 11) is 1.72. The van der Waals surface area contributed by atoms with E-state index in [-0.39, 0.29) is 18.0 Å². The molecule has 0 aliphatic carbocycles. The second-order valence-electron chi connectivity index (χ2n) is 8.85. The van der Waals surface area contributed by atoms with Gasteiger partial charge in [-0.25, -0.2) is 9.59 Å². The highest BCUT2D eigenvalue weighted by molar-refractivity contribution is 6.01. The molecule has 206 valence electrons. The van der Waals surface area contributed by atoms with E-state index >= 15 is 0 Å². The third kappa shape index (κ3) is 5.17. The van der Waals surface area contributed by atoms with E-state index in [2.05, 4.69) is 4.98 Å². The first-order chi connectivity index (χ1) is 18.4. The van der Waals surface area contributed by atoms with Crippen molar-refractivity contribution in [2.24, 2.45) is 7.05 Å². The number of carbonyl (C=O) groups excluding carboxylic acids is 2. The number of aromatic nitrogens is 2. The number of aromatic amines is 1. The third-order valence-corrected chi connectivity index (χ3v) is 6.64. The summed E-state index contributed by atoms with van der Waals surface area (Å²) in [6.45, 7) is 11.0. The lowest BCUT2D eigenvalue weighted by atomic mass is 10.1. The molecule has 0 bridgehead atoms. The zero-order chi connectivity index (χ0) is 29.2. The Hall–Kier alpha value is -4.74. The van der Waals surface area contributed by atoms with E-state index in [1.807, 2.05) is 6.92 Å². The number of benzene rings is 2. The van der Waals surface area contributed by atoms with Gasteiger partial charge in [0.1, 0.15) is 11.4 Å².